The molecule has 0 atom stereocenters. The first-order valence-electron chi connectivity index (χ1n) is 2.16. The van der Waals surface area contributed by atoms with Gasteiger partial charge >= 0.3 is 0 Å². The third-order valence-electron chi connectivity index (χ3n) is 0.916. The normalized spacial score (nSPS) is 28.3. The van der Waals surface area contributed by atoms with Gasteiger partial charge in [-0.1, -0.05) is 0 Å². The van der Waals surface area contributed by atoms with Gasteiger partial charge in [-0.15, -0.1) is 0 Å². The van der Waals surface area contributed by atoms with Crippen molar-refractivity contribution in [3.63, 3.8) is 0 Å². The summed E-state index contributed by atoms with van der Waals surface area (Å²) in [5.41, 5.74) is 0. The molecule has 0 aromatic carbocycles. The first-order chi connectivity index (χ1) is 3.21. The monoisotopic (exact) mass is 106 g/mol. The molecule has 0 bridgehead atoms. The summed E-state index contributed by atoms with van der Waals surface area (Å²) in [5.74, 6) is -2.54. The van der Waals surface area contributed by atoms with E-state index in [1.54, 1.807) is 0 Å². The molecule has 0 spiro atoms. The maximum absolute atomic E-state index is 11.8. The molecule has 0 aromatic rings. The molecule has 1 rings (SSSR count). The first-order valence-corrected chi connectivity index (χ1v) is 2.16. The molecule has 1 radical (unpaired) electrons. The molecular weight excluding hydrogens is 100 g/mol. The van der Waals surface area contributed by atoms with E-state index < -0.39 is 5.92 Å². The molecule has 1 nitrogen and oxygen atoms in total. The van der Waals surface area contributed by atoms with E-state index in [0.29, 0.717) is 6.54 Å². The molecule has 0 amide bonds. The SMILES string of the molecule is FC1(F)[CH]NCC1. The molecule has 41 valence electrons. The van der Waals surface area contributed by atoms with E-state index in [4.69, 9.17) is 0 Å². The van der Waals surface area contributed by atoms with Crippen LogP contribution in [0, 0.1) is 6.54 Å². The van der Waals surface area contributed by atoms with Crippen LogP contribution in [0.25, 0.3) is 0 Å². The van der Waals surface area contributed by atoms with Crippen molar-refractivity contribution in [1.82, 2.24) is 5.32 Å². The molecule has 1 fully saturated rings. The molecule has 7 heavy (non-hydrogen) atoms. The predicted octanol–water partition coefficient (Wildman–Crippen LogP) is 0.777. The van der Waals surface area contributed by atoms with Crippen LogP contribution in [0.2, 0.25) is 0 Å². The Balaban J connectivity index is 2.40. The van der Waals surface area contributed by atoms with E-state index in [1.165, 1.54) is 0 Å². The second-order valence-corrected chi connectivity index (χ2v) is 1.61. The zero-order valence-electron chi connectivity index (χ0n) is 3.75. The van der Waals surface area contributed by atoms with Crippen LogP contribution in [0.4, 0.5) is 8.78 Å². The van der Waals surface area contributed by atoms with Crippen LogP contribution in [0.5, 0.6) is 0 Å². The van der Waals surface area contributed by atoms with Gasteiger partial charge in [0.25, 0.3) is 5.92 Å². The highest BCUT2D eigenvalue weighted by Crippen LogP contribution is 2.23. The standard InChI is InChI=1S/C4H6F2N/c5-4(6)1-2-7-3-4/h3,7H,1-2H2. The fourth-order valence-corrected chi connectivity index (χ4v) is 0.532. The molecule has 1 aliphatic heterocycles. The Labute approximate surface area is 40.7 Å². The third-order valence-corrected chi connectivity index (χ3v) is 0.916. The molecule has 1 heterocycles. The van der Waals surface area contributed by atoms with Gasteiger partial charge in [0.15, 0.2) is 0 Å². The predicted molar refractivity (Wildman–Crippen MR) is 21.9 cm³/mol. The molecule has 3 heteroatoms. The van der Waals surface area contributed by atoms with Gasteiger partial charge in [-0.3, -0.25) is 0 Å². The van der Waals surface area contributed by atoms with Crippen molar-refractivity contribution < 1.29 is 8.78 Å². The average Bonchev–Trinajstić information content (AvgIpc) is 1.84. The van der Waals surface area contributed by atoms with Gasteiger partial charge in [0.05, 0.1) is 6.54 Å². The average molecular weight is 106 g/mol. The van der Waals surface area contributed by atoms with Crippen molar-refractivity contribution in [3.8, 4) is 0 Å². The topological polar surface area (TPSA) is 12.0 Å². The molecule has 0 aliphatic carbocycles. The Morgan fingerprint density at radius 3 is 2.43 bits per heavy atom. The zero-order chi connectivity index (χ0) is 5.33. The van der Waals surface area contributed by atoms with Crippen LogP contribution in [0.3, 0.4) is 0 Å². The van der Waals surface area contributed by atoms with Gasteiger partial charge in [0, 0.05) is 13.0 Å². The lowest BCUT2D eigenvalue weighted by molar-refractivity contribution is 0.0463. The summed E-state index contributed by atoms with van der Waals surface area (Å²) in [4.78, 5) is 0. The second kappa shape index (κ2) is 1.40. The number of rotatable bonds is 0. The minimum absolute atomic E-state index is 0.0486. The zero-order valence-corrected chi connectivity index (χ0v) is 3.75. The quantitative estimate of drug-likeness (QED) is 0.481. The molecule has 1 N–H and O–H groups in total. The van der Waals surface area contributed by atoms with Crippen LogP contribution in [0.15, 0.2) is 0 Å². The lowest BCUT2D eigenvalue weighted by atomic mass is 10.3. The van der Waals surface area contributed by atoms with E-state index in [-0.39, 0.29) is 6.42 Å². The number of halogens is 2. The molecule has 0 unspecified atom stereocenters. The van der Waals surface area contributed by atoms with Crippen molar-refractivity contribution >= 4 is 0 Å². The van der Waals surface area contributed by atoms with E-state index in [2.05, 4.69) is 5.32 Å². The van der Waals surface area contributed by atoms with Crippen molar-refractivity contribution in [2.75, 3.05) is 6.54 Å². The number of nitrogens with one attached hydrogen (secondary N) is 1. The van der Waals surface area contributed by atoms with E-state index >= 15 is 0 Å². The van der Waals surface area contributed by atoms with Crippen molar-refractivity contribution in [2.45, 2.75) is 12.3 Å². The highest BCUT2D eigenvalue weighted by Gasteiger charge is 2.32. The van der Waals surface area contributed by atoms with Gasteiger partial charge < -0.3 is 5.32 Å². The van der Waals surface area contributed by atoms with Crippen LogP contribution < -0.4 is 5.32 Å². The minimum Gasteiger partial charge on any atom is -0.307 e. The summed E-state index contributed by atoms with van der Waals surface area (Å²) < 4.78 is 23.7. The van der Waals surface area contributed by atoms with Gasteiger partial charge in [-0.25, -0.2) is 8.78 Å². The molecular formula is C4H6F2N. The molecule has 0 saturated carbocycles. The number of alkyl halides is 2. The van der Waals surface area contributed by atoms with Gasteiger partial charge in [0.1, 0.15) is 0 Å². The van der Waals surface area contributed by atoms with Crippen LogP contribution >= 0.6 is 0 Å². The van der Waals surface area contributed by atoms with Crippen LogP contribution in [-0.2, 0) is 0 Å². The van der Waals surface area contributed by atoms with Crippen molar-refractivity contribution in [1.29, 1.82) is 0 Å². The second-order valence-electron chi connectivity index (χ2n) is 1.61. The van der Waals surface area contributed by atoms with Crippen LogP contribution in [0.1, 0.15) is 6.42 Å². The molecule has 1 saturated heterocycles. The van der Waals surface area contributed by atoms with Crippen molar-refractivity contribution in [2.24, 2.45) is 0 Å². The van der Waals surface area contributed by atoms with Gasteiger partial charge in [-0.2, -0.15) is 0 Å². The van der Waals surface area contributed by atoms with E-state index in [1.807, 2.05) is 0 Å². The largest absolute Gasteiger partial charge is 0.307 e. The minimum atomic E-state index is -2.54. The Kier molecular flexibility index (Phi) is 0.995. The maximum atomic E-state index is 11.8. The summed E-state index contributed by atoms with van der Waals surface area (Å²) in [7, 11) is 0. The fourth-order valence-electron chi connectivity index (χ4n) is 0.532. The highest BCUT2D eigenvalue weighted by molar-refractivity contribution is 4.88. The summed E-state index contributed by atoms with van der Waals surface area (Å²) in [6.45, 7) is 1.25. The number of hydrogen-bond acceptors (Lipinski definition) is 1. The van der Waals surface area contributed by atoms with Crippen molar-refractivity contribution in [3.05, 3.63) is 6.54 Å². The molecule has 1 aliphatic rings. The Morgan fingerprint density at radius 1 is 1.57 bits per heavy atom. The van der Waals surface area contributed by atoms with Gasteiger partial charge in [-0.05, 0) is 0 Å². The van der Waals surface area contributed by atoms with Gasteiger partial charge in [0.2, 0.25) is 0 Å². The Hall–Kier alpha value is -0.180. The number of hydrogen-bond donors (Lipinski definition) is 1. The van der Waals surface area contributed by atoms with E-state index in [0.717, 1.165) is 6.54 Å². The molecule has 0 aromatic heterocycles. The Morgan fingerprint density at radius 2 is 2.29 bits per heavy atom. The summed E-state index contributed by atoms with van der Waals surface area (Å²) >= 11 is 0. The van der Waals surface area contributed by atoms with Crippen LogP contribution in [-0.4, -0.2) is 12.5 Å². The third kappa shape index (κ3) is 1.09. The summed E-state index contributed by atoms with van der Waals surface area (Å²) in [5, 5.41) is 2.44. The maximum Gasteiger partial charge on any atom is 0.266 e. The first kappa shape index (κ1) is 4.97. The highest BCUT2D eigenvalue weighted by atomic mass is 19.3. The lowest BCUT2D eigenvalue weighted by Gasteiger charge is -2.01. The summed E-state index contributed by atoms with van der Waals surface area (Å²) in [6, 6.07) is 0. The lowest BCUT2D eigenvalue weighted by Crippen LogP contribution is -2.11. The smallest absolute Gasteiger partial charge is 0.266 e. The fraction of sp³-hybridized carbons (Fsp3) is 0.750. The van der Waals surface area contributed by atoms with E-state index in [9.17, 15) is 8.78 Å². The summed E-state index contributed by atoms with van der Waals surface area (Å²) in [6.07, 6.45) is -0.0486. The Bertz CT molecular complexity index is 64.1.